The van der Waals surface area contributed by atoms with Gasteiger partial charge in [-0.1, -0.05) is 37.2 Å². The first-order chi connectivity index (χ1) is 11.4. The van der Waals surface area contributed by atoms with E-state index in [0.717, 1.165) is 0 Å². The van der Waals surface area contributed by atoms with Crippen molar-refractivity contribution in [2.24, 2.45) is 5.92 Å². The molecule has 0 aliphatic heterocycles. The van der Waals surface area contributed by atoms with E-state index in [-0.39, 0.29) is 17.7 Å². The van der Waals surface area contributed by atoms with Crippen LogP contribution in [-0.4, -0.2) is 28.0 Å². The van der Waals surface area contributed by atoms with Gasteiger partial charge >= 0.3 is 0 Å². The third-order valence-electron chi connectivity index (χ3n) is 3.55. The maximum atomic E-state index is 12.4. The number of hydrogen-bond donors (Lipinski definition) is 2. The fourth-order valence-electron chi connectivity index (χ4n) is 2.17. The van der Waals surface area contributed by atoms with Crippen LogP contribution in [0.1, 0.15) is 48.9 Å². The van der Waals surface area contributed by atoms with E-state index in [1.54, 1.807) is 38.1 Å². The molecule has 2 amide bonds. The van der Waals surface area contributed by atoms with E-state index in [0.29, 0.717) is 17.3 Å². The summed E-state index contributed by atoms with van der Waals surface area (Å²) in [4.78, 5) is 28.7. The first kappa shape index (κ1) is 17.7. The molecule has 0 unspecified atom stereocenters. The number of aryl methyl sites for hydroxylation is 1. The van der Waals surface area contributed by atoms with Gasteiger partial charge < -0.3 is 15.2 Å². The molecule has 0 bridgehead atoms. The van der Waals surface area contributed by atoms with E-state index in [4.69, 9.17) is 4.52 Å². The van der Waals surface area contributed by atoms with Gasteiger partial charge in [-0.15, -0.1) is 0 Å². The van der Waals surface area contributed by atoms with E-state index in [9.17, 15) is 9.59 Å². The fourth-order valence-corrected chi connectivity index (χ4v) is 2.17. The Labute approximate surface area is 140 Å². The minimum Gasteiger partial charge on any atom is -0.342 e. The van der Waals surface area contributed by atoms with Crippen LogP contribution in [0, 0.1) is 12.8 Å². The summed E-state index contributed by atoms with van der Waals surface area (Å²) in [5.74, 6) is 0.320. The van der Waals surface area contributed by atoms with Crippen LogP contribution in [0.5, 0.6) is 0 Å². The lowest BCUT2D eigenvalue weighted by Crippen LogP contribution is -2.46. The van der Waals surface area contributed by atoms with E-state index in [1.165, 1.54) is 0 Å². The molecule has 0 aliphatic carbocycles. The highest BCUT2D eigenvalue weighted by atomic mass is 16.5. The molecule has 7 nitrogen and oxygen atoms in total. The van der Waals surface area contributed by atoms with E-state index >= 15 is 0 Å². The van der Waals surface area contributed by atoms with Crippen molar-refractivity contribution in [3.8, 4) is 0 Å². The second-order valence-electron chi connectivity index (χ2n) is 5.97. The van der Waals surface area contributed by atoms with Gasteiger partial charge in [-0.25, -0.2) is 0 Å². The predicted molar refractivity (Wildman–Crippen MR) is 88.1 cm³/mol. The third-order valence-corrected chi connectivity index (χ3v) is 3.55. The molecule has 2 atom stereocenters. The molecule has 0 spiro atoms. The molecule has 2 aromatic rings. The van der Waals surface area contributed by atoms with Crippen LogP contribution in [0.3, 0.4) is 0 Å². The van der Waals surface area contributed by atoms with Crippen LogP contribution in [0.25, 0.3) is 0 Å². The number of amides is 2. The standard InChI is InChI=1S/C17H22N4O3/c1-10(2)14(17-19-12(4)21-24-17)20-15(22)11(3)18-16(23)13-8-6-5-7-9-13/h5-11,14H,1-4H3,(H,18,23)(H,20,22)/t11-,14+/m0/s1. The SMILES string of the molecule is Cc1noc([C@H](NC(=O)[C@H](C)NC(=O)c2ccccc2)C(C)C)n1. The van der Waals surface area contributed by atoms with Gasteiger partial charge in [0.15, 0.2) is 5.82 Å². The van der Waals surface area contributed by atoms with Gasteiger partial charge in [0.2, 0.25) is 11.8 Å². The highest BCUT2D eigenvalue weighted by Crippen LogP contribution is 2.20. The lowest BCUT2D eigenvalue weighted by Gasteiger charge is -2.21. The van der Waals surface area contributed by atoms with Crippen LogP contribution in [0.4, 0.5) is 0 Å². The van der Waals surface area contributed by atoms with Gasteiger partial charge in [-0.05, 0) is 31.9 Å². The molecule has 0 fully saturated rings. The first-order valence-electron chi connectivity index (χ1n) is 7.85. The second kappa shape index (κ2) is 7.72. The van der Waals surface area contributed by atoms with E-state index in [1.807, 2.05) is 19.9 Å². The molecule has 7 heteroatoms. The zero-order chi connectivity index (χ0) is 17.7. The monoisotopic (exact) mass is 330 g/mol. The van der Waals surface area contributed by atoms with E-state index < -0.39 is 12.1 Å². The summed E-state index contributed by atoms with van der Waals surface area (Å²) in [6.07, 6.45) is 0. The molecule has 0 radical (unpaired) electrons. The van der Waals surface area contributed by atoms with Crippen LogP contribution in [0.15, 0.2) is 34.9 Å². The summed E-state index contributed by atoms with van der Waals surface area (Å²) in [5.41, 5.74) is 0.505. The van der Waals surface area contributed by atoms with Crippen LogP contribution < -0.4 is 10.6 Å². The number of nitrogens with zero attached hydrogens (tertiary/aromatic N) is 2. The van der Waals surface area contributed by atoms with Crippen LogP contribution in [-0.2, 0) is 4.79 Å². The highest BCUT2D eigenvalue weighted by molar-refractivity contribution is 5.97. The number of aromatic nitrogens is 2. The number of carbonyl (C=O) groups excluding carboxylic acids is 2. The quantitative estimate of drug-likeness (QED) is 0.844. The average molecular weight is 330 g/mol. The Morgan fingerprint density at radius 3 is 2.29 bits per heavy atom. The minimum atomic E-state index is -0.692. The Morgan fingerprint density at radius 2 is 1.75 bits per heavy atom. The van der Waals surface area contributed by atoms with Gasteiger partial charge in [-0.2, -0.15) is 4.98 Å². The number of hydrogen-bond acceptors (Lipinski definition) is 5. The second-order valence-corrected chi connectivity index (χ2v) is 5.97. The third kappa shape index (κ3) is 4.41. The zero-order valence-electron chi connectivity index (χ0n) is 14.2. The highest BCUT2D eigenvalue weighted by Gasteiger charge is 2.26. The predicted octanol–water partition coefficient (Wildman–Crippen LogP) is 2.01. The summed E-state index contributed by atoms with van der Waals surface area (Å²) in [6.45, 7) is 7.23. The Morgan fingerprint density at radius 1 is 1.08 bits per heavy atom. The van der Waals surface area contributed by atoms with Gasteiger partial charge in [0, 0.05) is 5.56 Å². The Kier molecular flexibility index (Phi) is 5.68. The molecule has 128 valence electrons. The topological polar surface area (TPSA) is 97.1 Å². The summed E-state index contributed by atoms with van der Waals surface area (Å²) < 4.78 is 5.16. The van der Waals surface area contributed by atoms with Crippen LogP contribution >= 0.6 is 0 Å². The largest absolute Gasteiger partial charge is 0.342 e. The van der Waals surface area contributed by atoms with Crippen molar-refractivity contribution in [2.45, 2.75) is 39.8 Å². The molecule has 1 aromatic carbocycles. The van der Waals surface area contributed by atoms with Gasteiger partial charge in [-0.3, -0.25) is 9.59 Å². The maximum Gasteiger partial charge on any atom is 0.251 e. The molecular formula is C17H22N4O3. The molecule has 2 N–H and O–H groups in total. The van der Waals surface area contributed by atoms with Crippen molar-refractivity contribution in [1.82, 2.24) is 20.8 Å². The summed E-state index contributed by atoms with van der Waals surface area (Å²) in [6, 6.07) is 7.65. The van der Waals surface area contributed by atoms with Gasteiger partial charge in [0.1, 0.15) is 12.1 Å². The molecule has 0 aliphatic rings. The molecule has 1 heterocycles. The smallest absolute Gasteiger partial charge is 0.251 e. The molecule has 0 saturated heterocycles. The summed E-state index contributed by atoms with van der Waals surface area (Å²) >= 11 is 0. The van der Waals surface area contributed by atoms with Gasteiger partial charge in [0.05, 0.1) is 0 Å². The van der Waals surface area contributed by atoms with Crippen molar-refractivity contribution in [3.05, 3.63) is 47.6 Å². The Bertz CT molecular complexity index is 697. The molecule has 0 saturated carbocycles. The summed E-state index contributed by atoms with van der Waals surface area (Å²) in [7, 11) is 0. The number of carbonyl (C=O) groups is 2. The van der Waals surface area contributed by atoms with Crippen LogP contribution in [0.2, 0.25) is 0 Å². The molecular weight excluding hydrogens is 308 g/mol. The fraction of sp³-hybridized carbons (Fsp3) is 0.412. The minimum absolute atomic E-state index is 0.0609. The van der Waals surface area contributed by atoms with Gasteiger partial charge in [0.25, 0.3) is 5.91 Å². The first-order valence-corrected chi connectivity index (χ1v) is 7.85. The average Bonchev–Trinajstić information content (AvgIpc) is 2.98. The zero-order valence-corrected chi connectivity index (χ0v) is 14.2. The lowest BCUT2D eigenvalue weighted by atomic mass is 10.0. The number of nitrogens with one attached hydrogen (secondary N) is 2. The molecule has 1 aromatic heterocycles. The van der Waals surface area contributed by atoms with Crippen molar-refractivity contribution >= 4 is 11.8 Å². The number of benzene rings is 1. The summed E-state index contributed by atoms with van der Waals surface area (Å²) in [5, 5.41) is 9.29. The van der Waals surface area contributed by atoms with Crippen molar-refractivity contribution in [1.29, 1.82) is 0 Å². The van der Waals surface area contributed by atoms with Crippen molar-refractivity contribution < 1.29 is 14.1 Å². The Hall–Kier alpha value is -2.70. The van der Waals surface area contributed by atoms with E-state index in [2.05, 4.69) is 20.8 Å². The van der Waals surface area contributed by atoms with Crippen molar-refractivity contribution in [2.75, 3.05) is 0 Å². The molecule has 2 rings (SSSR count). The molecule has 24 heavy (non-hydrogen) atoms. The Balaban J connectivity index is 2.00. The lowest BCUT2D eigenvalue weighted by molar-refractivity contribution is -0.123. The number of rotatable bonds is 6. The van der Waals surface area contributed by atoms with Crippen molar-refractivity contribution in [3.63, 3.8) is 0 Å². The normalized spacial score (nSPS) is 13.4. The maximum absolute atomic E-state index is 12.4.